The van der Waals surface area contributed by atoms with Gasteiger partial charge in [0.15, 0.2) is 0 Å². The molecule has 1 heterocycles. The predicted octanol–water partition coefficient (Wildman–Crippen LogP) is 4.24. The highest BCUT2D eigenvalue weighted by atomic mass is 35.5. The molecule has 0 saturated heterocycles. The van der Waals surface area contributed by atoms with Crippen molar-refractivity contribution in [3.05, 3.63) is 87.4 Å². The summed E-state index contributed by atoms with van der Waals surface area (Å²) in [7, 11) is 0. The van der Waals surface area contributed by atoms with Crippen LogP contribution >= 0.6 is 11.6 Å². The van der Waals surface area contributed by atoms with Gasteiger partial charge in [-0.15, -0.1) is 0 Å². The van der Waals surface area contributed by atoms with Gasteiger partial charge >= 0.3 is 0 Å². The minimum Gasteiger partial charge on any atom is -0.343 e. The lowest BCUT2D eigenvalue weighted by Gasteiger charge is -2.43. The molecule has 1 N–H and O–H groups in total. The van der Waals surface area contributed by atoms with Crippen LogP contribution in [0.1, 0.15) is 35.2 Å². The van der Waals surface area contributed by atoms with E-state index in [0.717, 1.165) is 24.8 Å². The Kier molecular flexibility index (Phi) is 4.60. The van der Waals surface area contributed by atoms with E-state index in [4.69, 9.17) is 11.6 Å². The second-order valence-corrected chi connectivity index (χ2v) is 7.26. The van der Waals surface area contributed by atoms with Gasteiger partial charge in [0.05, 0.1) is 16.8 Å². The highest BCUT2D eigenvalue weighted by molar-refractivity contribution is 6.30. The Balaban J connectivity index is 1.63. The molecule has 142 valence electrons. The van der Waals surface area contributed by atoms with Crippen LogP contribution in [0.4, 0.5) is 5.69 Å². The molecule has 1 fully saturated rings. The van der Waals surface area contributed by atoms with Gasteiger partial charge in [0, 0.05) is 29.0 Å². The monoisotopic (exact) mass is 396 g/mol. The summed E-state index contributed by atoms with van der Waals surface area (Å²) in [4.78, 5) is 27.8. The number of hydrogen-bond acceptors (Lipinski definition) is 4. The van der Waals surface area contributed by atoms with Crippen LogP contribution in [0.3, 0.4) is 0 Å². The van der Waals surface area contributed by atoms with Gasteiger partial charge in [-0.3, -0.25) is 14.9 Å². The standard InChI is InChI=1S/C20H17ClN4O3/c21-16-5-3-15(4-6-16)20(8-1-9-20)23-19(26)14-2-7-17(18(12-14)25(27)28)24-11-10-22-13-24/h2-7,10-13H,1,8-9H2,(H,23,26). The molecule has 7 nitrogen and oxygen atoms in total. The molecule has 0 unspecified atom stereocenters. The van der Waals surface area contributed by atoms with Crippen molar-refractivity contribution in [1.82, 2.24) is 14.9 Å². The molecule has 1 aliphatic carbocycles. The van der Waals surface area contributed by atoms with E-state index in [1.165, 1.54) is 18.6 Å². The molecular formula is C20H17ClN4O3. The first-order valence-electron chi connectivity index (χ1n) is 8.84. The van der Waals surface area contributed by atoms with E-state index < -0.39 is 10.5 Å². The number of imidazole rings is 1. The molecule has 3 aromatic rings. The second kappa shape index (κ2) is 7.09. The van der Waals surface area contributed by atoms with E-state index in [0.29, 0.717) is 10.7 Å². The minimum absolute atomic E-state index is 0.153. The van der Waals surface area contributed by atoms with Crippen LogP contribution in [0.5, 0.6) is 0 Å². The molecule has 0 aliphatic heterocycles. The van der Waals surface area contributed by atoms with E-state index in [-0.39, 0.29) is 17.2 Å². The van der Waals surface area contributed by atoms with Crippen LogP contribution in [0.2, 0.25) is 5.02 Å². The predicted molar refractivity (Wildman–Crippen MR) is 105 cm³/mol. The van der Waals surface area contributed by atoms with Crippen molar-refractivity contribution in [2.75, 3.05) is 0 Å². The molecule has 0 radical (unpaired) electrons. The molecule has 0 bridgehead atoms. The van der Waals surface area contributed by atoms with E-state index in [2.05, 4.69) is 10.3 Å². The number of amides is 1. The Hall–Kier alpha value is -3.19. The number of benzene rings is 2. The number of nitro benzene ring substituents is 1. The van der Waals surface area contributed by atoms with Gasteiger partial charge in [-0.2, -0.15) is 0 Å². The molecule has 1 amide bonds. The minimum atomic E-state index is -0.496. The Labute approximate surface area is 166 Å². The molecule has 1 aliphatic rings. The third-order valence-electron chi connectivity index (χ3n) is 5.17. The number of hydrogen-bond donors (Lipinski definition) is 1. The van der Waals surface area contributed by atoms with Crippen molar-refractivity contribution in [1.29, 1.82) is 0 Å². The first kappa shape index (κ1) is 18.2. The summed E-state index contributed by atoms with van der Waals surface area (Å²) in [6.45, 7) is 0. The first-order chi connectivity index (χ1) is 13.5. The van der Waals surface area contributed by atoms with E-state index >= 15 is 0 Å². The fraction of sp³-hybridized carbons (Fsp3) is 0.200. The molecule has 0 spiro atoms. The highest BCUT2D eigenvalue weighted by Gasteiger charge is 2.40. The number of carbonyl (C=O) groups is 1. The highest BCUT2D eigenvalue weighted by Crippen LogP contribution is 2.42. The van der Waals surface area contributed by atoms with Crippen LogP contribution < -0.4 is 5.32 Å². The fourth-order valence-electron chi connectivity index (χ4n) is 3.51. The number of rotatable bonds is 5. The molecular weight excluding hydrogens is 380 g/mol. The summed E-state index contributed by atoms with van der Waals surface area (Å²) in [6.07, 6.45) is 7.27. The number of nitrogens with one attached hydrogen (secondary N) is 1. The van der Waals surface area contributed by atoms with Crippen LogP contribution in [0, 0.1) is 10.1 Å². The summed E-state index contributed by atoms with van der Waals surface area (Å²) in [5, 5.41) is 15.2. The van der Waals surface area contributed by atoms with E-state index in [1.807, 2.05) is 12.1 Å². The normalized spacial score (nSPS) is 14.9. The van der Waals surface area contributed by atoms with Crippen LogP contribution in [0.15, 0.2) is 61.2 Å². The molecule has 4 rings (SSSR count). The van der Waals surface area contributed by atoms with Gasteiger partial charge in [-0.05, 0) is 49.1 Å². The zero-order valence-corrected chi connectivity index (χ0v) is 15.6. The maximum Gasteiger partial charge on any atom is 0.294 e. The van der Waals surface area contributed by atoms with Gasteiger partial charge in [0.2, 0.25) is 0 Å². The lowest BCUT2D eigenvalue weighted by Crippen LogP contribution is -2.50. The largest absolute Gasteiger partial charge is 0.343 e. The van der Waals surface area contributed by atoms with Crippen molar-refractivity contribution >= 4 is 23.2 Å². The van der Waals surface area contributed by atoms with Gasteiger partial charge in [0.1, 0.15) is 5.69 Å². The van der Waals surface area contributed by atoms with Crippen molar-refractivity contribution in [3.8, 4) is 5.69 Å². The smallest absolute Gasteiger partial charge is 0.294 e. The summed E-state index contributed by atoms with van der Waals surface area (Å²) in [6, 6.07) is 11.9. The SMILES string of the molecule is O=C(NC1(c2ccc(Cl)cc2)CCC1)c1ccc(-n2ccnc2)c([N+](=O)[O-])c1. The van der Waals surface area contributed by atoms with Gasteiger partial charge in [0.25, 0.3) is 11.6 Å². The van der Waals surface area contributed by atoms with Crippen molar-refractivity contribution in [2.45, 2.75) is 24.8 Å². The van der Waals surface area contributed by atoms with Crippen LogP contribution in [-0.4, -0.2) is 20.4 Å². The van der Waals surface area contributed by atoms with Crippen LogP contribution in [-0.2, 0) is 5.54 Å². The van der Waals surface area contributed by atoms with Gasteiger partial charge in [-0.1, -0.05) is 23.7 Å². The second-order valence-electron chi connectivity index (χ2n) is 6.83. The lowest BCUT2D eigenvalue weighted by molar-refractivity contribution is -0.384. The topological polar surface area (TPSA) is 90.1 Å². The summed E-state index contributed by atoms with van der Waals surface area (Å²) < 4.78 is 1.54. The zero-order chi connectivity index (χ0) is 19.7. The average molecular weight is 397 g/mol. The van der Waals surface area contributed by atoms with E-state index in [9.17, 15) is 14.9 Å². The average Bonchev–Trinajstić information content (AvgIpc) is 3.19. The molecule has 8 heteroatoms. The maximum atomic E-state index is 12.9. The number of aromatic nitrogens is 2. The summed E-state index contributed by atoms with van der Waals surface area (Å²) in [5.41, 5.74) is 0.978. The van der Waals surface area contributed by atoms with Crippen molar-refractivity contribution in [2.24, 2.45) is 0 Å². The number of carbonyl (C=O) groups excluding carboxylic acids is 1. The third kappa shape index (κ3) is 3.25. The van der Waals surface area contributed by atoms with E-state index in [1.54, 1.807) is 35.0 Å². The first-order valence-corrected chi connectivity index (χ1v) is 9.22. The summed E-state index contributed by atoms with van der Waals surface area (Å²) in [5.74, 6) is -0.338. The Morgan fingerprint density at radius 1 is 1.21 bits per heavy atom. The molecule has 2 aromatic carbocycles. The maximum absolute atomic E-state index is 12.9. The van der Waals surface area contributed by atoms with Gasteiger partial charge < -0.3 is 9.88 Å². The zero-order valence-electron chi connectivity index (χ0n) is 14.8. The Morgan fingerprint density at radius 3 is 2.54 bits per heavy atom. The quantitative estimate of drug-likeness (QED) is 0.515. The number of nitro groups is 1. The third-order valence-corrected chi connectivity index (χ3v) is 5.43. The Morgan fingerprint density at radius 2 is 1.96 bits per heavy atom. The number of nitrogens with zero attached hydrogens (tertiary/aromatic N) is 3. The molecule has 1 saturated carbocycles. The van der Waals surface area contributed by atoms with Gasteiger partial charge in [-0.25, -0.2) is 4.98 Å². The molecule has 1 aromatic heterocycles. The fourth-order valence-corrected chi connectivity index (χ4v) is 3.63. The number of halogens is 1. The van der Waals surface area contributed by atoms with Crippen LogP contribution in [0.25, 0.3) is 5.69 Å². The Bertz CT molecular complexity index is 1030. The summed E-state index contributed by atoms with van der Waals surface area (Å²) >= 11 is 5.97. The lowest BCUT2D eigenvalue weighted by atomic mass is 9.71. The van der Waals surface area contributed by atoms with Crippen molar-refractivity contribution in [3.63, 3.8) is 0 Å². The molecule has 0 atom stereocenters. The molecule has 28 heavy (non-hydrogen) atoms. The van der Waals surface area contributed by atoms with Crippen molar-refractivity contribution < 1.29 is 9.72 Å².